The van der Waals surface area contributed by atoms with Crippen molar-refractivity contribution >= 4 is 17.7 Å². The maximum Gasteiger partial charge on any atom is 0.322 e. The van der Waals surface area contributed by atoms with Gasteiger partial charge < -0.3 is 15.3 Å². The van der Waals surface area contributed by atoms with E-state index in [0.29, 0.717) is 6.07 Å². The first-order chi connectivity index (χ1) is 9.31. The molecule has 0 heterocycles. The molecule has 0 saturated carbocycles. The van der Waals surface area contributed by atoms with Crippen molar-refractivity contribution in [1.82, 2.24) is 4.90 Å². The van der Waals surface area contributed by atoms with Gasteiger partial charge in [0.1, 0.15) is 11.6 Å². The van der Waals surface area contributed by atoms with Crippen LogP contribution in [0.3, 0.4) is 0 Å². The van der Waals surface area contributed by atoms with Crippen LogP contribution in [-0.4, -0.2) is 34.6 Å². The number of aliphatic carboxylic acids is 1. The number of rotatable bonds is 5. The van der Waals surface area contributed by atoms with Crippen molar-refractivity contribution in [1.29, 1.82) is 0 Å². The number of carboxylic acids is 1. The number of nitrogens with zero attached hydrogens (tertiary/aromatic N) is 1. The highest BCUT2D eigenvalue weighted by molar-refractivity contribution is 5.89. The minimum atomic E-state index is -1.03. The summed E-state index contributed by atoms with van der Waals surface area (Å²) in [5, 5.41) is 10.9. The normalized spacial score (nSPS) is 10.4. The molecule has 0 fully saturated rings. The van der Waals surface area contributed by atoms with Gasteiger partial charge in [0, 0.05) is 18.7 Å². The Morgan fingerprint density at radius 2 is 2.00 bits per heavy atom. The number of nitrogens with one attached hydrogen (secondary N) is 1. The zero-order valence-corrected chi connectivity index (χ0v) is 11.2. The number of benzene rings is 1. The van der Waals surface area contributed by atoms with Gasteiger partial charge in [-0.15, -0.1) is 0 Å². The Bertz CT molecular complexity index is 506. The van der Waals surface area contributed by atoms with Crippen LogP contribution in [0.2, 0.25) is 0 Å². The number of carbonyl (C=O) groups is 2. The van der Waals surface area contributed by atoms with Gasteiger partial charge in [0.2, 0.25) is 0 Å². The summed E-state index contributed by atoms with van der Waals surface area (Å²) in [6.07, 6.45) is -0.211. The number of anilines is 1. The summed E-state index contributed by atoms with van der Waals surface area (Å²) in [6, 6.07) is 1.91. The highest BCUT2D eigenvalue weighted by Crippen LogP contribution is 2.16. The molecule has 1 rings (SSSR count). The van der Waals surface area contributed by atoms with Crippen LogP contribution in [0.15, 0.2) is 18.2 Å². The van der Waals surface area contributed by atoms with Gasteiger partial charge in [0.05, 0.1) is 12.1 Å². The molecule has 0 unspecified atom stereocenters. The fourth-order valence-corrected chi connectivity index (χ4v) is 1.59. The second-order valence-corrected chi connectivity index (χ2v) is 4.49. The molecule has 110 valence electrons. The molecule has 20 heavy (non-hydrogen) atoms. The van der Waals surface area contributed by atoms with Crippen molar-refractivity contribution < 1.29 is 23.5 Å². The Balaban J connectivity index is 2.77. The van der Waals surface area contributed by atoms with E-state index < -0.39 is 23.6 Å². The molecule has 0 aliphatic carbocycles. The number of carbonyl (C=O) groups excluding carboxylic acids is 1. The topological polar surface area (TPSA) is 69.6 Å². The zero-order chi connectivity index (χ0) is 15.3. The minimum Gasteiger partial charge on any atom is -0.481 e. The van der Waals surface area contributed by atoms with E-state index in [2.05, 4.69) is 5.32 Å². The summed E-state index contributed by atoms with van der Waals surface area (Å²) in [6.45, 7) is 3.42. The van der Waals surface area contributed by atoms with Crippen LogP contribution < -0.4 is 5.32 Å². The lowest BCUT2D eigenvalue weighted by Gasteiger charge is -2.26. The van der Waals surface area contributed by atoms with Crippen molar-refractivity contribution in [3.05, 3.63) is 29.8 Å². The van der Waals surface area contributed by atoms with Crippen LogP contribution >= 0.6 is 0 Å². The van der Waals surface area contributed by atoms with Crippen molar-refractivity contribution in [3.8, 4) is 0 Å². The van der Waals surface area contributed by atoms with Gasteiger partial charge in [-0.05, 0) is 26.0 Å². The molecule has 0 radical (unpaired) electrons. The maximum absolute atomic E-state index is 13.4. The Hall–Kier alpha value is -2.18. The molecule has 0 bridgehead atoms. The van der Waals surface area contributed by atoms with Gasteiger partial charge >= 0.3 is 12.0 Å². The Morgan fingerprint density at radius 1 is 1.35 bits per heavy atom. The molecular formula is C13H16F2N2O3. The van der Waals surface area contributed by atoms with E-state index in [4.69, 9.17) is 5.11 Å². The predicted molar refractivity (Wildman–Crippen MR) is 69.5 cm³/mol. The van der Waals surface area contributed by atoms with E-state index in [1.54, 1.807) is 13.8 Å². The average molecular weight is 286 g/mol. The number of urea groups is 1. The Labute approximate surface area is 115 Å². The third-order valence-electron chi connectivity index (χ3n) is 2.62. The SMILES string of the molecule is CC(C)N(CCC(=O)O)C(=O)Nc1ccc(F)cc1F. The maximum atomic E-state index is 13.4. The number of hydrogen-bond donors (Lipinski definition) is 2. The molecular weight excluding hydrogens is 270 g/mol. The van der Waals surface area contributed by atoms with Crippen molar-refractivity contribution in [2.24, 2.45) is 0 Å². The molecule has 0 saturated heterocycles. The molecule has 1 aromatic rings. The summed E-state index contributed by atoms with van der Waals surface area (Å²) in [5.74, 6) is -2.66. The molecule has 0 atom stereocenters. The summed E-state index contributed by atoms with van der Waals surface area (Å²) < 4.78 is 26.2. The third-order valence-corrected chi connectivity index (χ3v) is 2.62. The molecule has 1 aromatic carbocycles. The first kappa shape index (κ1) is 15.9. The Morgan fingerprint density at radius 3 is 2.50 bits per heavy atom. The molecule has 7 heteroatoms. The molecule has 2 amide bonds. The highest BCUT2D eigenvalue weighted by atomic mass is 19.1. The van der Waals surface area contributed by atoms with Gasteiger partial charge in [0.15, 0.2) is 0 Å². The van der Waals surface area contributed by atoms with Crippen LogP contribution in [0.4, 0.5) is 19.3 Å². The summed E-state index contributed by atoms with van der Waals surface area (Å²) >= 11 is 0. The second kappa shape index (κ2) is 6.83. The van der Waals surface area contributed by atoms with Gasteiger partial charge in [-0.3, -0.25) is 4.79 Å². The van der Waals surface area contributed by atoms with Crippen LogP contribution in [0, 0.1) is 11.6 Å². The minimum absolute atomic E-state index is 0.00163. The number of amides is 2. The summed E-state index contributed by atoms with van der Waals surface area (Å²) in [4.78, 5) is 23.8. The number of halogens is 2. The summed E-state index contributed by atoms with van der Waals surface area (Å²) in [7, 11) is 0. The van der Waals surface area contributed by atoms with Gasteiger partial charge in [-0.2, -0.15) is 0 Å². The van der Waals surface area contributed by atoms with Crippen LogP contribution in [-0.2, 0) is 4.79 Å². The molecule has 0 aliphatic heterocycles. The van der Waals surface area contributed by atoms with E-state index in [-0.39, 0.29) is 24.7 Å². The van der Waals surface area contributed by atoms with Gasteiger partial charge in [-0.25, -0.2) is 13.6 Å². The first-order valence-electron chi connectivity index (χ1n) is 6.05. The lowest BCUT2D eigenvalue weighted by atomic mass is 10.2. The van der Waals surface area contributed by atoms with Gasteiger partial charge in [-0.1, -0.05) is 0 Å². The third kappa shape index (κ3) is 4.49. The van der Waals surface area contributed by atoms with Crippen LogP contribution in [0.5, 0.6) is 0 Å². The lowest BCUT2D eigenvalue weighted by molar-refractivity contribution is -0.137. The quantitative estimate of drug-likeness (QED) is 0.874. The zero-order valence-electron chi connectivity index (χ0n) is 11.2. The van der Waals surface area contributed by atoms with E-state index in [1.165, 1.54) is 4.90 Å². The van der Waals surface area contributed by atoms with Crippen molar-refractivity contribution in [2.75, 3.05) is 11.9 Å². The van der Waals surface area contributed by atoms with Crippen molar-refractivity contribution in [3.63, 3.8) is 0 Å². The van der Waals surface area contributed by atoms with E-state index >= 15 is 0 Å². The fourth-order valence-electron chi connectivity index (χ4n) is 1.59. The average Bonchev–Trinajstić information content (AvgIpc) is 2.32. The fraction of sp³-hybridized carbons (Fsp3) is 0.385. The predicted octanol–water partition coefficient (Wildman–Crippen LogP) is 2.68. The number of carboxylic acid groups (broad SMARTS) is 1. The number of hydrogen-bond acceptors (Lipinski definition) is 2. The van der Waals surface area contributed by atoms with Gasteiger partial charge in [0.25, 0.3) is 0 Å². The van der Waals surface area contributed by atoms with E-state index in [0.717, 1.165) is 12.1 Å². The molecule has 0 aromatic heterocycles. The second-order valence-electron chi connectivity index (χ2n) is 4.49. The monoisotopic (exact) mass is 286 g/mol. The van der Waals surface area contributed by atoms with E-state index in [9.17, 15) is 18.4 Å². The Kier molecular flexibility index (Phi) is 5.42. The van der Waals surface area contributed by atoms with Crippen LogP contribution in [0.1, 0.15) is 20.3 Å². The molecule has 0 spiro atoms. The standard InChI is InChI=1S/C13H16F2N2O3/c1-8(2)17(6-5-12(18)19)13(20)16-11-4-3-9(14)7-10(11)15/h3-4,7-8H,5-6H2,1-2H3,(H,16,20)(H,18,19). The lowest BCUT2D eigenvalue weighted by Crippen LogP contribution is -2.41. The molecule has 5 nitrogen and oxygen atoms in total. The van der Waals surface area contributed by atoms with Crippen molar-refractivity contribution in [2.45, 2.75) is 26.3 Å². The molecule has 0 aliphatic rings. The largest absolute Gasteiger partial charge is 0.481 e. The first-order valence-corrected chi connectivity index (χ1v) is 6.05. The summed E-state index contributed by atoms with van der Waals surface area (Å²) in [5.41, 5.74) is -0.155. The van der Waals surface area contributed by atoms with Crippen LogP contribution in [0.25, 0.3) is 0 Å². The molecule has 2 N–H and O–H groups in total. The highest BCUT2D eigenvalue weighted by Gasteiger charge is 2.19. The smallest absolute Gasteiger partial charge is 0.322 e. The van der Waals surface area contributed by atoms with E-state index in [1.807, 2.05) is 0 Å².